The second kappa shape index (κ2) is 11.2. The van der Waals surface area contributed by atoms with Gasteiger partial charge in [0.15, 0.2) is 0 Å². The highest BCUT2D eigenvalue weighted by atomic mass is 16.5. The average molecular weight is 479 g/mol. The summed E-state index contributed by atoms with van der Waals surface area (Å²) in [4.78, 5) is 28.0. The van der Waals surface area contributed by atoms with Crippen molar-refractivity contribution in [3.8, 4) is 17.1 Å². The molecule has 7 heteroatoms. The summed E-state index contributed by atoms with van der Waals surface area (Å²) in [6.45, 7) is 3.40. The van der Waals surface area contributed by atoms with Gasteiger partial charge in [-0.25, -0.2) is 0 Å². The number of likely N-dealkylation sites (tertiary alicyclic amines) is 1. The number of carbonyl (C=O) groups excluding carboxylic acids is 1. The highest BCUT2D eigenvalue weighted by Crippen LogP contribution is 2.24. The first-order valence-electron chi connectivity index (χ1n) is 12.8. The zero-order chi connectivity index (χ0) is 26.6. The van der Waals surface area contributed by atoms with Crippen LogP contribution in [0.2, 0.25) is 0 Å². The lowest BCUT2D eigenvalue weighted by atomic mass is 10.1. The fraction of sp³-hybridized carbons (Fsp3) is 0.357. The lowest BCUT2D eigenvalue weighted by Gasteiger charge is -2.28. The molecule has 1 saturated heterocycles. The molecule has 2 aromatic carbocycles. The Balaban J connectivity index is 1.50. The standard InChI is InChI=1S/C28H32N2O5/c1-20(2)30(27(31)22-11-9-21(10-12-22)25-8-5-16-34-25)19-23-6-3-4-7-26(23)35-17-15-29-14-13-24(18-29)28(32)33/h3-12,16,20,24H,13-15,17-19H2,1-2H3,(H,32,33)/i19D2. The molecule has 184 valence electrons. The molecule has 1 atom stereocenters. The highest BCUT2D eigenvalue weighted by Gasteiger charge is 2.27. The summed E-state index contributed by atoms with van der Waals surface area (Å²) >= 11 is 0. The molecule has 0 bridgehead atoms. The summed E-state index contributed by atoms with van der Waals surface area (Å²) in [6.07, 6.45) is 2.20. The minimum absolute atomic E-state index is 0.258. The molecule has 1 N–H and O–H groups in total. The predicted octanol–water partition coefficient (Wildman–Crippen LogP) is 4.78. The quantitative estimate of drug-likeness (QED) is 0.451. The first-order chi connectivity index (χ1) is 17.7. The highest BCUT2D eigenvalue weighted by molar-refractivity contribution is 5.94. The second-order valence-electron chi connectivity index (χ2n) is 8.90. The molecule has 1 aromatic heterocycles. The van der Waals surface area contributed by atoms with Crippen LogP contribution >= 0.6 is 0 Å². The number of rotatable bonds is 10. The zero-order valence-corrected chi connectivity index (χ0v) is 20.0. The van der Waals surface area contributed by atoms with Gasteiger partial charge in [-0.1, -0.05) is 30.3 Å². The maximum atomic E-state index is 13.6. The summed E-state index contributed by atoms with van der Waals surface area (Å²) in [5.41, 5.74) is 1.45. The summed E-state index contributed by atoms with van der Waals surface area (Å²) in [6, 6.07) is 16.9. The number of para-hydroxylation sites is 1. The summed E-state index contributed by atoms with van der Waals surface area (Å²) in [5, 5.41) is 9.21. The molecule has 0 saturated carbocycles. The average Bonchev–Trinajstić information content (AvgIpc) is 3.57. The number of carbonyl (C=O) groups is 2. The number of aliphatic carboxylic acids is 1. The van der Waals surface area contributed by atoms with E-state index in [-0.39, 0.29) is 18.1 Å². The molecule has 1 fully saturated rings. The molecule has 4 rings (SSSR count). The third-order valence-electron chi connectivity index (χ3n) is 6.09. The van der Waals surface area contributed by atoms with Crippen molar-refractivity contribution in [2.75, 3.05) is 26.2 Å². The molecule has 35 heavy (non-hydrogen) atoms. The van der Waals surface area contributed by atoms with E-state index in [1.165, 1.54) is 4.90 Å². The van der Waals surface area contributed by atoms with Crippen LogP contribution in [0, 0.1) is 5.92 Å². The SMILES string of the molecule is [2H]C([2H])(c1ccccc1OCCN1CCC(C(=O)O)C1)N(C(=O)c1ccc(-c2ccco2)cc1)C(C)C. The third-order valence-corrected chi connectivity index (χ3v) is 6.09. The van der Waals surface area contributed by atoms with Crippen LogP contribution in [0.4, 0.5) is 0 Å². The molecule has 2 heterocycles. The molecular formula is C28H32N2O5. The normalized spacial score (nSPS) is 17.2. The Bertz CT molecular complexity index is 1210. The predicted molar refractivity (Wildman–Crippen MR) is 133 cm³/mol. The molecule has 0 aliphatic carbocycles. The largest absolute Gasteiger partial charge is 0.492 e. The lowest BCUT2D eigenvalue weighted by Crippen LogP contribution is -2.36. The Morgan fingerprint density at radius 1 is 1.17 bits per heavy atom. The first-order valence-corrected chi connectivity index (χ1v) is 11.8. The number of carboxylic acid groups (broad SMARTS) is 1. The maximum Gasteiger partial charge on any atom is 0.307 e. The molecular weight excluding hydrogens is 444 g/mol. The van der Waals surface area contributed by atoms with Gasteiger partial charge in [0.2, 0.25) is 0 Å². The van der Waals surface area contributed by atoms with Gasteiger partial charge >= 0.3 is 5.97 Å². The van der Waals surface area contributed by atoms with E-state index >= 15 is 0 Å². The van der Waals surface area contributed by atoms with E-state index in [4.69, 9.17) is 11.9 Å². The number of benzene rings is 2. The van der Waals surface area contributed by atoms with Crippen molar-refractivity contribution >= 4 is 11.9 Å². The molecule has 1 amide bonds. The van der Waals surface area contributed by atoms with Crippen LogP contribution in [0.25, 0.3) is 11.3 Å². The number of carboxylic acids is 1. The van der Waals surface area contributed by atoms with Crippen molar-refractivity contribution in [3.63, 3.8) is 0 Å². The Morgan fingerprint density at radius 2 is 1.94 bits per heavy atom. The molecule has 1 aliphatic heterocycles. The fourth-order valence-electron chi connectivity index (χ4n) is 4.11. The van der Waals surface area contributed by atoms with Crippen molar-refractivity contribution < 1.29 is 26.6 Å². The summed E-state index contributed by atoms with van der Waals surface area (Å²) < 4.78 is 29.4. The summed E-state index contributed by atoms with van der Waals surface area (Å²) in [7, 11) is 0. The van der Waals surface area contributed by atoms with Gasteiger partial charge in [-0.2, -0.15) is 0 Å². The van der Waals surface area contributed by atoms with Crippen LogP contribution in [-0.2, 0) is 11.3 Å². The van der Waals surface area contributed by atoms with Crippen molar-refractivity contribution in [2.45, 2.75) is 32.8 Å². The summed E-state index contributed by atoms with van der Waals surface area (Å²) in [5.74, 6) is -0.532. The minimum atomic E-state index is -2.15. The monoisotopic (exact) mass is 478 g/mol. The minimum Gasteiger partial charge on any atom is -0.492 e. The molecule has 1 unspecified atom stereocenters. The lowest BCUT2D eigenvalue weighted by molar-refractivity contribution is -0.141. The van der Waals surface area contributed by atoms with Gasteiger partial charge in [0, 0.05) is 42.3 Å². The van der Waals surface area contributed by atoms with Crippen LogP contribution in [0.15, 0.2) is 71.3 Å². The zero-order valence-electron chi connectivity index (χ0n) is 22.0. The van der Waals surface area contributed by atoms with Crippen LogP contribution in [0.5, 0.6) is 5.75 Å². The van der Waals surface area contributed by atoms with Gasteiger partial charge in [0.05, 0.1) is 14.9 Å². The van der Waals surface area contributed by atoms with Gasteiger partial charge in [-0.15, -0.1) is 0 Å². The number of ether oxygens (including phenoxy) is 1. The topological polar surface area (TPSA) is 83.2 Å². The molecule has 0 radical (unpaired) electrons. The van der Waals surface area contributed by atoms with Gasteiger partial charge in [0.25, 0.3) is 5.91 Å². The Labute approximate surface area is 208 Å². The van der Waals surface area contributed by atoms with Crippen molar-refractivity contribution in [1.82, 2.24) is 9.80 Å². The Morgan fingerprint density at radius 3 is 2.60 bits per heavy atom. The third kappa shape index (κ3) is 6.11. The van der Waals surface area contributed by atoms with Crippen molar-refractivity contribution in [2.24, 2.45) is 5.92 Å². The molecule has 3 aromatic rings. The Hall–Kier alpha value is -3.58. The van der Waals surface area contributed by atoms with Crippen LogP contribution in [0.1, 0.15) is 38.9 Å². The van der Waals surface area contributed by atoms with E-state index in [1.54, 1.807) is 74.7 Å². The Kier molecular flexibility index (Phi) is 7.03. The number of hydrogen-bond acceptors (Lipinski definition) is 5. The van der Waals surface area contributed by atoms with Crippen molar-refractivity contribution in [3.05, 3.63) is 78.1 Å². The van der Waals surface area contributed by atoms with E-state index in [0.29, 0.717) is 43.1 Å². The molecule has 0 spiro atoms. The smallest absolute Gasteiger partial charge is 0.307 e. The van der Waals surface area contributed by atoms with E-state index in [0.717, 1.165) is 5.56 Å². The maximum absolute atomic E-state index is 13.6. The van der Waals surface area contributed by atoms with Gasteiger partial charge in [-0.3, -0.25) is 14.5 Å². The molecule has 7 nitrogen and oxygen atoms in total. The number of nitrogens with zero attached hydrogens (tertiary/aromatic N) is 2. The number of amides is 1. The van der Waals surface area contributed by atoms with E-state index in [2.05, 4.69) is 0 Å². The van der Waals surface area contributed by atoms with E-state index < -0.39 is 24.4 Å². The van der Waals surface area contributed by atoms with Gasteiger partial charge in [0.1, 0.15) is 18.1 Å². The van der Waals surface area contributed by atoms with E-state index in [1.807, 2.05) is 11.0 Å². The first kappa shape index (κ1) is 21.9. The van der Waals surface area contributed by atoms with E-state index in [9.17, 15) is 14.7 Å². The van der Waals surface area contributed by atoms with Gasteiger partial charge < -0.3 is 19.2 Å². The van der Waals surface area contributed by atoms with Crippen molar-refractivity contribution in [1.29, 1.82) is 0 Å². The number of hydrogen-bond donors (Lipinski definition) is 1. The van der Waals surface area contributed by atoms with Gasteiger partial charge in [-0.05, 0) is 57.1 Å². The van der Waals surface area contributed by atoms with Crippen LogP contribution in [0.3, 0.4) is 0 Å². The van der Waals surface area contributed by atoms with Crippen LogP contribution in [-0.4, -0.2) is 59.1 Å². The molecule has 1 aliphatic rings. The van der Waals surface area contributed by atoms with Crippen LogP contribution < -0.4 is 4.74 Å². The number of furan rings is 1. The second-order valence-corrected chi connectivity index (χ2v) is 8.90. The fourth-order valence-corrected chi connectivity index (χ4v) is 4.11.